The molecule has 21 heavy (non-hydrogen) atoms. The van der Waals surface area contributed by atoms with Crippen LogP contribution >= 0.6 is 15.9 Å². The lowest BCUT2D eigenvalue weighted by Crippen LogP contribution is -2.18. The number of hydrogen-bond donors (Lipinski definition) is 1. The Balaban J connectivity index is 2.09. The van der Waals surface area contributed by atoms with Gasteiger partial charge in [-0.05, 0) is 61.0 Å². The molecule has 106 valence electrons. The molecule has 0 aliphatic rings. The Morgan fingerprint density at radius 2 is 1.95 bits per heavy atom. The summed E-state index contributed by atoms with van der Waals surface area (Å²) >= 11 is 3.53. The lowest BCUT2D eigenvalue weighted by Gasteiger charge is -2.20. The topological polar surface area (TPSA) is 24.9 Å². The fourth-order valence-electron chi connectivity index (χ4n) is 2.74. The van der Waals surface area contributed by atoms with E-state index < -0.39 is 0 Å². The molecular weight excluding hydrogens is 324 g/mol. The Morgan fingerprint density at radius 1 is 1.10 bits per heavy atom. The molecule has 1 aromatic heterocycles. The van der Waals surface area contributed by atoms with Crippen molar-refractivity contribution in [2.45, 2.75) is 13.0 Å². The van der Waals surface area contributed by atoms with Crippen molar-refractivity contribution >= 4 is 26.8 Å². The lowest BCUT2D eigenvalue weighted by molar-refractivity contribution is 0.688. The number of aromatic nitrogens is 1. The molecule has 0 bridgehead atoms. The first-order chi connectivity index (χ1) is 10.2. The largest absolute Gasteiger partial charge is 0.309 e. The van der Waals surface area contributed by atoms with Gasteiger partial charge in [0.2, 0.25) is 0 Å². The number of benzene rings is 2. The van der Waals surface area contributed by atoms with Crippen LogP contribution in [0.5, 0.6) is 0 Å². The van der Waals surface area contributed by atoms with E-state index in [1.165, 1.54) is 22.1 Å². The maximum absolute atomic E-state index is 4.38. The number of pyridine rings is 1. The van der Waals surface area contributed by atoms with E-state index in [9.17, 15) is 0 Å². The molecule has 2 aromatic carbocycles. The lowest BCUT2D eigenvalue weighted by atomic mass is 9.94. The summed E-state index contributed by atoms with van der Waals surface area (Å²) in [5.41, 5.74) is 4.85. The highest BCUT2D eigenvalue weighted by atomic mass is 79.9. The molecule has 1 unspecified atom stereocenters. The molecule has 3 rings (SSSR count). The molecule has 0 radical (unpaired) electrons. The van der Waals surface area contributed by atoms with E-state index in [0.717, 1.165) is 9.99 Å². The molecule has 0 spiro atoms. The summed E-state index contributed by atoms with van der Waals surface area (Å²) in [7, 11) is 2.00. The van der Waals surface area contributed by atoms with Gasteiger partial charge in [0.1, 0.15) is 0 Å². The summed E-state index contributed by atoms with van der Waals surface area (Å²) in [6, 6.07) is 17.1. The van der Waals surface area contributed by atoms with E-state index in [-0.39, 0.29) is 6.04 Å². The highest BCUT2D eigenvalue weighted by molar-refractivity contribution is 9.10. The summed E-state index contributed by atoms with van der Waals surface area (Å²) in [4.78, 5) is 4.38. The highest BCUT2D eigenvalue weighted by Gasteiger charge is 2.14. The van der Waals surface area contributed by atoms with Gasteiger partial charge in [0.15, 0.2) is 0 Å². The standard InChI is InChI=1S/C18H17BrN2/c1-12-10-15(19)6-7-16(12)18(20-2)14-5-8-17-13(11-14)4-3-9-21-17/h3-11,18,20H,1-2H3. The number of hydrogen-bond acceptors (Lipinski definition) is 2. The van der Waals surface area contributed by atoms with Gasteiger partial charge in [-0.25, -0.2) is 0 Å². The van der Waals surface area contributed by atoms with E-state index in [2.05, 4.69) is 75.6 Å². The minimum atomic E-state index is 0.183. The molecule has 0 saturated carbocycles. The van der Waals surface area contributed by atoms with Crippen LogP contribution in [0.2, 0.25) is 0 Å². The highest BCUT2D eigenvalue weighted by Crippen LogP contribution is 2.28. The number of nitrogens with one attached hydrogen (secondary N) is 1. The van der Waals surface area contributed by atoms with Crippen LogP contribution in [-0.4, -0.2) is 12.0 Å². The van der Waals surface area contributed by atoms with Crippen molar-refractivity contribution in [1.82, 2.24) is 10.3 Å². The molecule has 0 aliphatic carbocycles. The van der Waals surface area contributed by atoms with Gasteiger partial charge in [-0.3, -0.25) is 4.98 Å². The number of fused-ring (bicyclic) bond motifs is 1. The van der Waals surface area contributed by atoms with Gasteiger partial charge in [-0.15, -0.1) is 0 Å². The van der Waals surface area contributed by atoms with Crippen LogP contribution < -0.4 is 5.32 Å². The van der Waals surface area contributed by atoms with Gasteiger partial charge in [-0.1, -0.05) is 34.1 Å². The van der Waals surface area contributed by atoms with Crippen LogP contribution in [0, 0.1) is 6.92 Å². The minimum absolute atomic E-state index is 0.183. The molecule has 0 fully saturated rings. The second-order valence-corrected chi connectivity index (χ2v) is 6.09. The Bertz CT molecular complexity index is 783. The molecule has 3 heteroatoms. The van der Waals surface area contributed by atoms with Gasteiger partial charge in [0, 0.05) is 16.1 Å². The molecule has 0 amide bonds. The van der Waals surface area contributed by atoms with E-state index in [1.807, 2.05) is 19.3 Å². The smallest absolute Gasteiger partial charge is 0.0702 e. The van der Waals surface area contributed by atoms with Crippen LogP contribution in [0.15, 0.2) is 59.2 Å². The number of aryl methyl sites for hydroxylation is 1. The van der Waals surface area contributed by atoms with Crippen molar-refractivity contribution in [3.05, 3.63) is 75.9 Å². The molecule has 1 N–H and O–H groups in total. The van der Waals surface area contributed by atoms with E-state index in [1.54, 1.807) is 0 Å². The van der Waals surface area contributed by atoms with Crippen molar-refractivity contribution in [2.75, 3.05) is 7.05 Å². The van der Waals surface area contributed by atoms with Crippen molar-refractivity contribution in [2.24, 2.45) is 0 Å². The average Bonchev–Trinajstić information content (AvgIpc) is 2.50. The summed E-state index contributed by atoms with van der Waals surface area (Å²) in [5.74, 6) is 0. The Kier molecular flexibility index (Phi) is 4.04. The predicted molar refractivity (Wildman–Crippen MR) is 91.5 cm³/mol. The monoisotopic (exact) mass is 340 g/mol. The van der Waals surface area contributed by atoms with Crippen molar-refractivity contribution in [1.29, 1.82) is 0 Å². The fourth-order valence-corrected chi connectivity index (χ4v) is 3.21. The van der Waals surface area contributed by atoms with E-state index in [4.69, 9.17) is 0 Å². The van der Waals surface area contributed by atoms with Crippen LogP contribution in [0.25, 0.3) is 10.9 Å². The molecule has 2 nitrogen and oxygen atoms in total. The zero-order valence-corrected chi connectivity index (χ0v) is 13.7. The Labute approximate surface area is 133 Å². The Hall–Kier alpha value is -1.71. The van der Waals surface area contributed by atoms with Crippen LogP contribution in [0.1, 0.15) is 22.7 Å². The molecule has 1 heterocycles. The molecular formula is C18H17BrN2. The van der Waals surface area contributed by atoms with Crippen molar-refractivity contribution in [3.8, 4) is 0 Å². The summed E-state index contributed by atoms with van der Waals surface area (Å²) in [5, 5.41) is 4.60. The van der Waals surface area contributed by atoms with E-state index >= 15 is 0 Å². The Morgan fingerprint density at radius 3 is 2.71 bits per heavy atom. The fraction of sp³-hybridized carbons (Fsp3) is 0.167. The quantitative estimate of drug-likeness (QED) is 0.752. The molecule has 1 atom stereocenters. The summed E-state index contributed by atoms with van der Waals surface area (Å²) in [6.45, 7) is 2.15. The predicted octanol–water partition coefficient (Wildman–Crippen LogP) is 4.61. The minimum Gasteiger partial charge on any atom is -0.309 e. The van der Waals surface area contributed by atoms with Crippen LogP contribution in [0.4, 0.5) is 0 Å². The maximum atomic E-state index is 4.38. The zero-order chi connectivity index (χ0) is 14.8. The van der Waals surface area contributed by atoms with Gasteiger partial charge >= 0.3 is 0 Å². The van der Waals surface area contributed by atoms with Gasteiger partial charge in [-0.2, -0.15) is 0 Å². The SMILES string of the molecule is CNC(c1ccc2ncccc2c1)c1ccc(Br)cc1C. The van der Waals surface area contributed by atoms with E-state index in [0.29, 0.717) is 0 Å². The van der Waals surface area contributed by atoms with Gasteiger partial charge in [0.25, 0.3) is 0 Å². The zero-order valence-electron chi connectivity index (χ0n) is 12.1. The third kappa shape index (κ3) is 2.85. The summed E-state index contributed by atoms with van der Waals surface area (Å²) < 4.78 is 1.11. The first kappa shape index (κ1) is 14.2. The second kappa shape index (κ2) is 5.96. The van der Waals surface area contributed by atoms with Gasteiger partial charge in [0.05, 0.1) is 11.6 Å². The number of rotatable bonds is 3. The molecule has 0 saturated heterocycles. The normalized spacial score (nSPS) is 12.5. The summed E-state index contributed by atoms with van der Waals surface area (Å²) in [6.07, 6.45) is 1.83. The number of nitrogens with zero attached hydrogens (tertiary/aromatic N) is 1. The first-order valence-electron chi connectivity index (χ1n) is 6.97. The van der Waals surface area contributed by atoms with Crippen molar-refractivity contribution < 1.29 is 0 Å². The second-order valence-electron chi connectivity index (χ2n) is 5.18. The third-order valence-corrected chi connectivity index (χ3v) is 4.29. The molecule has 3 aromatic rings. The van der Waals surface area contributed by atoms with Crippen LogP contribution in [0.3, 0.4) is 0 Å². The number of halogens is 1. The van der Waals surface area contributed by atoms with Crippen molar-refractivity contribution in [3.63, 3.8) is 0 Å². The van der Waals surface area contributed by atoms with Gasteiger partial charge < -0.3 is 5.32 Å². The maximum Gasteiger partial charge on any atom is 0.0702 e. The van der Waals surface area contributed by atoms with Crippen LogP contribution in [-0.2, 0) is 0 Å². The molecule has 0 aliphatic heterocycles. The first-order valence-corrected chi connectivity index (χ1v) is 7.76. The third-order valence-electron chi connectivity index (χ3n) is 3.79. The average molecular weight is 341 g/mol.